The number of aryl methyl sites for hydroxylation is 2. The molecular formula is C29H27F3N6O2S. The molecule has 0 bridgehead atoms. The number of hydrogen-bond acceptors (Lipinski definition) is 6. The van der Waals surface area contributed by atoms with Crippen LogP contribution in [0, 0.1) is 6.92 Å². The normalized spacial score (nSPS) is 15.8. The molecule has 1 amide bonds. The molecule has 3 aromatic carbocycles. The maximum atomic E-state index is 12.9. The fraction of sp³-hybridized carbons (Fsp3) is 0.207. The molecule has 0 atom stereocenters. The van der Waals surface area contributed by atoms with Crippen molar-refractivity contribution in [1.82, 2.24) is 0 Å². The number of thioether (sulfide) groups is 1. The summed E-state index contributed by atoms with van der Waals surface area (Å²) in [5, 5.41) is 9.15. The summed E-state index contributed by atoms with van der Waals surface area (Å²) in [7, 11) is 0. The van der Waals surface area contributed by atoms with E-state index in [1.165, 1.54) is 30.2 Å². The number of anilines is 1. The Kier molecular flexibility index (Phi) is 9.56. The molecular weight excluding hydrogens is 553 g/mol. The second-order valence-electron chi connectivity index (χ2n) is 8.81. The monoisotopic (exact) mass is 580 g/mol. The molecule has 2 N–H and O–H groups in total. The topological polar surface area (TPSA) is 105 Å². The Labute approximate surface area is 239 Å². The zero-order valence-corrected chi connectivity index (χ0v) is 23.1. The van der Waals surface area contributed by atoms with Crippen LogP contribution in [0.5, 0.6) is 5.75 Å². The van der Waals surface area contributed by atoms with Crippen LogP contribution in [-0.4, -0.2) is 41.6 Å². The number of nitrogens with zero attached hydrogens (tertiary/aromatic N) is 5. The molecule has 0 spiro atoms. The first-order chi connectivity index (χ1) is 19.6. The van der Waals surface area contributed by atoms with Crippen molar-refractivity contribution in [3.05, 3.63) is 89.0 Å². The lowest BCUT2D eigenvalue weighted by Gasteiger charge is -2.30. The van der Waals surface area contributed by atoms with Crippen molar-refractivity contribution in [2.45, 2.75) is 33.1 Å². The number of halogens is 3. The van der Waals surface area contributed by atoms with E-state index in [0.717, 1.165) is 40.9 Å². The number of para-hydroxylation sites is 1. The molecule has 1 saturated heterocycles. The van der Waals surface area contributed by atoms with Crippen LogP contribution in [0.4, 0.5) is 24.5 Å². The Morgan fingerprint density at radius 3 is 2.51 bits per heavy atom. The van der Waals surface area contributed by atoms with Gasteiger partial charge < -0.3 is 10.5 Å². The van der Waals surface area contributed by atoms with Gasteiger partial charge in [-0.1, -0.05) is 61.2 Å². The van der Waals surface area contributed by atoms with E-state index in [1.54, 1.807) is 35.4 Å². The Morgan fingerprint density at radius 1 is 1.10 bits per heavy atom. The Bertz CT molecular complexity index is 1500. The average molecular weight is 581 g/mol. The molecule has 0 saturated carbocycles. The lowest BCUT2D eigenvalue weighted by atomic mass is 10.0. The van der Waals surface area contributed by atoms with Crippen LogP contribution in [0.1, 0.15) is 35.6 Å². The van der Waals surface area contributed by atoms with Crippen LogP contribution in [0.3, 0.4) is 0 Å². The highest BCUT2D eigenvalue weighted by Crippen LogP contribution is 2.32. The molecule has 1 aliphatic rings. The lowest BCUT2D eigenvalue weighted by Crippen LogP contribution is -2.40. The van der Waals surface area contributed by atoms with Gasteiger partial charge in [-0.2, -0.15) is 5.10 Å². The van der Waals surface area contributed by atoms with E-state index in [2.05, 4.69) is 31.8 Å². The van der Waals surface area contributed by atoms with Gasteiger partial charge in [-0.05, 0) is 54.3 Å². The molecule has 8 nitrogen and oxygen atoms in total. The van der Waals surface area contributed by atoms with Gasteiger partial charge in [0.25, 0.3) is 0 Å². The van der Waals surface area contributed by atoms with E-state index in [0.29, 0.717) is 28.6 Å². The second-order valence-corrected chi connectivity index (χ2v) is 9.88. The van der Waals surface area contributed by atoms with Crippen molar-refractivity contribution in [1.29, 1.82) is 0 Å². The van der Waals surface area contributed by atoms with E-state index >= 15 is 0 Å². The zero-order valence-electron chi connectivity index (χ0n) is 22.3. The van der Waals surface area contributed by atoms with Crippen LogP contribution in [-0.2, 0) is 11.2 Å². The van der Waals surface area contributed by atoms with Crippen LogP contribution in [0.15, 0.2) is 86.9 Å². The number of carbonyl (C=O) groups excluding carboxylic acids is 1. The summed E-state index contributed by atoms with van der Waals surface area (Å²) in [5.74, 6) is 0.504. The molecule has 1 aliphatic heterocycles. The summed E-state index contributed by atoms with van der Waals surface area (Å²) in [6.45, 7) is 4.04. The summed E-state index contributed by atoms with van der Waals surface area (Å²) in [5.41, 5.74) is 10.8. The first-order valence-electron chi connectivity index (χ1n) is 12.6. The van der Waals surface area contributed by atoms with Crippen LogP contribution in [0.2, 0.25) is 0 Å². The van der Waals surface area contributed by atoms with E-state index in [4.69, 9.17) is 5.73 Å². The largest absolute Gasteiger partial charge is 0.573 e. The number of rotatable bonds is 8. The van der Waals surface area contributed by atoms with Gasteiger partial charge in [0.1, 0.15) is 17.9 Å². The van der Waals surface area contributed by atoms with Gasteiger partial charge in [-0.15, -0.1) is 18.3 Å². The van der Waals surface area contributed by atoms with Gasteiger partial charge in [-0.25, -0.2) is 9.98 Å². The third-order valence-electron chi connectivity index (χ3n) is 5.94. The lowest BCUT2D eigenvalue weighted by molar-refractivity contribution is -0.274. The molecule has 0 aromatic heterocycles. The minimum absolute atomic E-state index is 0.00293. The molecule has 0 unspecified atom stereocenters. The summed E-state index contributed by atoms with van der Waals surface area (Å²) in [6.07, 6.45) is -0.721. The first kappa shape index (κ1) is 29.5. The smallest absolute Gasteiger partial charge is 0.406 e. The maximum absolute atomic E-state index is 12.9. The molecule has 12 heteroatoms. The highest BCUT2D eigenvalue weighted by Gasteiger charge is 2.31. The van der Waals surface area contributed by atoms with E-state index in [1.807, 2.05) is 25.1 Å². The van der Waals surface area contributed by atoms with E-state index in [-0.39, 0.29) is 17.5 Å². The third-order valence-corrected chi connectivity index (χ3v) is 6.87. The van der Waals surface area contributed by atoms with Crippen molar-refractivity contribution in [3.63, 3.8) is 0 Å². The number of hydrogen-bond donors (Lipinski definition) is 1. The van der Waals surface area contributed by atoms with E-state index in [9.17, 15) is 18.0 Å². The standard InChI is InChI=1S/C29H27F3N6O2S/c1-3-21-6-4-5-19(2)26(21)38-25(39)15-16-41-28(38)37-36-17-20-7-9-22(10-8-20)27(33)35-18-34-23-11-13-24(14-12-23)40-29(30,31)32/h4-14,17-18H,3,15-16H2,1-2H3,(H2,33,34,35)/b36-17+,37-28-. The van der Waals surface area contributed by atoms with Gasteiger partial charge in [-0.3, -0.25) is 9.69 Å². The number of aliphatic imine (C=N–C) groups is 2. The summed E-state index contributed by atoms with van der Waals surface area (Å²) < 4.78 is 40.6. The second kappa shape index (κ2) is 13.3. The van der Waals surface area contributed by atoms with E-state index < -0.39 is 6.36 Å². The predicted octanol–water partition coefficient (Wildman–Crippen LogP) is 6.38. The third kappa shape index (κ3) is 8.04. The van der Waals surface area contributed by atoms with Crippen LogP contribution < -0.4 is 15.4 Å². The van der Waals surface area contributed by atoms with Crippen molar-refractivity contribution in [2.24, 2.45) is 25.9 Å². The number of ether oxygens (including phenoxy) is 1. The maximum Gasteiger partial charge on any atom is 0.573 e. The van der Waals surface area contributed by atoms with Gasteiger partial charge in [0.05, 0.1) is 17.6 Å². The van der Waals surface area contributed by atoms with Gasteiger partial charge >= 0.3 is 6.36 Å². The molecule has 4 rings (SSSR count). The van der Waals surface area contributed by atoms with Crippen molar-refractivity contribution < 1.29 is 22.7 Å². The number of amides is 1. The zero-order chi connectivity index (χ0) is 29.4. The number of amidine groups is 2. The molecule has 41 heavy (non-hydrogen) atoms. The number of alkyl halides is 3. The molecule has 212 valence electrons. The van der Waals surface area contributed by atoms with Crippen molar-refractivity contribution in [3.8, 4) is 5.75 Å². The highest BCUT2D eigenvalue weighted by atomic mass is 32.2. The Hall–Kier alpha value is -4.45. The summed E-state index contributed by atoms with van der Waals surface area (Å²) in [6, 6.07) is 18.2. The molecule has 1 fully saturated rings. The summed E-state index contributed by atoms with van der Waals surface area (Å²) >= 11 is 1.49. The fourth-order valence-electron chi connectivity index (χ4n) is 3.98. The minimum Gasteiger partial charge on any atom is -0.406 e. The quantitative estimate of drug-likeness (QED) is 0.190. The van der Waals surface area contributed by atoms with Crippen LogP contribution >= 0.6 is 11.8 Å². The van der Waals surface area contributed by atoms with Crippen molar-refractivity contribution in [2.75, 3.05) is 10.7 Å². The summed E-state index contributed by atoms with van der Waals surface area (Å²) in [4.78, 5) is 22.7. The van der Waals surface area contributed by atoms with Gasteiger partial charge in [0.15, 0.2) is 5.17 Å². The molecule has 3 aromatic rings. The molecule has 1 heterocycles. The SMILES string of the molecule is CCc1cccc(C)c1N1C(=O)CCS/C1=N\N=C\c1ccc(C(N)=NC=Nc2ccc(OC(F)(F)F)cc2)cc1. The Balaban J connectivity index is 1.42. The van der Waals surface area contributed by atoms with Crippen molar-refractivity contribution >= 4 is 52.6 Å². The number of carbonyl (C=O) groups is 1. The van der Waals surface area contributed by atoms with Gasteiger partial charge in [0.2, 0.25) is 5.91 Å². The molecule has 0 radical (unpaired) electrons. The molecule has 0 aliphatic carbocycles. The fourth-order valence-corrected chi connectivity index (χ4v) is 4.87. The number of nitrogens with two attached hydrogens (primary N) is 1. The average Bonchev–Trinajstić information content (AvgIpc) is 2.94. The van der Waals surface area contributed by atoms with Crippen LogP contribution in [0.25, 0.3) is 0 Å². The number of benzene rings is 3. The Morgan fingerprint density at radius 2 is 1.83 bits per heavy atom. The highest BCUT2D eigenvalue weighted by molar-refractivity contribution is 8.14. The van der Waals surface area contributed by atoms with Gasteiger partial charge in [0, 0.05) is 17.7 Å². The first-order valence-corrected chi connectivity index (χ1v) is 13.6. The minimum atomic E-state index is -4.75. The predicted molar refractivity (Wildman–Crippen MR) is 159 cm³/mol.